The van der Waals surface area contributed by atoms with Crippen LogP contribution in [0.4, 0.5) is 0 Å². The van der Waals surface area contributed by atoms with Crippen molar-refractivity contribution in [3.05, 3.63) is 41.5 Å². The van der Waals surface area contributed by atoms with Crippen LogP contribution in [-0.2, 0) is 0 Å². The summed E-state index contributed by atoms with van der Waals surface area (Å²) in [5.41, 5.74) is 7.25. The number of hydrogen-bond donors (Lipinski definition) is 2. The maximum absolute atomic E-state index is 13.4. The molecule has 3 heterocycles. The quantitative estimate of drug-likeness (QED) is 0.882. The predicted octanol–water partition coefficient (Wildman–Crippen LogP) is 2.79. The van der Waals surface area contributed by atoms with Gasteiger partial charge >= 0.3 is 0 Å². The van der Waals surface area contributed by atoms with E-state index in [0.717, 1.165) is 37.8 Å². The van der Waals surface area contributed by atoms with E-state index in [9.17, 15) is 9.59 Å². The molecule has 26 heavy (non-hydrogen) atoms. The van der Waals surface area contributed by atoms with Crippen molar-refractivity contribution in [1.29, 1.82) is 0 Å². The average molecular weight is 355 g/mol. The van der Waals surface area contributed by atoms with Crippen molar-refractivity contribution in [3.8, 4) is 0 Å². The number of rotatable bonds is 4. The molecule has 1 unspecified atom stereocenters. The first-order valence-corrected chi connectivity index (χ1v) is 9.47. The van der Waals surface area contributed by atoms with Gasteiger partial charge in [-0.2, -0.15) is 5.10 Å². The highest BCUT2D eigenvalue weighted by molar-refractivity contribution is 5.95. The zero-order valence-electron chi connectivity index (χ0n) is 14.9. The molecule has 1 atom stereocenters. The van der Waals surface area contributed by atoms with Crippen molar-refractivity contribution < 1.29 is 9.59 Å². The summed E-state index contributed by atoms with van der Waals surface area (Å²) in [5, 5.41) is 6.89. The van der Waals surface area contributed by atoms with Gasteiger partial charge in [0.25, 0.3) is 11.8 Å². The van der Waals surface area contributed by atoms with Crippen LogP contribution >= 0.6 is 0 Å². The minimum atomic E-state index is -0.513. The molecule has 2 aliphatic rings. The van der Waals surface area contributed by atoms with Gasteiger partial charge in [0.05, 0.1) is 23.5 Å². The van der Waals surface area contributed by atoms with Crippen molar-refractivity contribution in [2.24, 2.45) is 5.73 Å². The second-order valence-corrected chi connectivity index (χ2v) is 7.31. The van der Waals surface area contributed by atoms with Gasteiger partial charge in [0.1, 0.15) is 5.69 Å². The summed E-state index contributed by atoms with van der Waals surface area (Å²) >= 11 is 0. The molecule has 3 N–H and O–H groups in total. The summed E-state index contributed by atoms with van der Waals surface area (Å²) < 4.78 is 2.14. The van der Waals surface area contributed by atoms with Crippen LogP contribution in [0.2, 0.25) is 0 Å². The predicted molar refractivity (Wildman–Crippen MR) is 96.7 cm³/mol. The molecule has 2 aromatic rings. The standard InChI is InChI=1S/C19H25N5O2/c20-18(25)14-12-21-22-17(14)15-8-3-4-10-24(15)19(26)16-9-5-11-23(16)13-6-1-2-7-13/h5,9,11-13,15H,1-4,6-8,10H2,(H2,20,25)(H,21,22). The van der Waals surface area contributed by atoms with Gasteiger partial charge in [-0.3, -0.25) is 14.7 Å². The van der Waals surface area contributed by atoms with Crippen LogP contribution in [0.3, 0.4) is 0 Å². The highest BCUT2D eigenvalue weighted by Crippen LogP contribution is 2.35. The van der Waals surface area contributed by atoms with E-state index in [1.807, 2.05) is 23.2 Å². The number of nitrogens with zero attached hydrogens (tertiary/aromatic N) is 3. The molecule has 0 aromatic carbocycles. The summed E-state index contributed by atoms with van der Waals surface area (Å²) in [6.07, 6.45) is 11.0. The number of carbonyl (C=O) groups excluding carboxylic acids is 2. The van der Waals surface area contributed by atoms with E-state index in [4.69, 9.17) is 5.73 Å². The molecule has 0 radical (unpaired) electrons. The summed E-state index contributed by atoms with van der Waals surface area (Å²) in [4.78, 5) is 27.0. The smallest absolute Gasteiger partial charge is 0.271 e. The van der Waals surface area contributed by atoms with Gasteiger partial charge in [0, 0.05) is 18.8 Å². The number of nitrogens with one attached hydrogen (secondary N) is 1. The van der Waals surface area contributed by atoms with Crippen LogP contribution in [0.5, 0.6) is 0 Å². The van der Waals surface area contributed by atoms with Gasteiger partial charge in [0.15, 0.2) is 0 Å². The maximum atomic E-state index is 13.4. The number of aromatic amines is 1. The van der Waals surface area contributed by atoms with Gasteiger partial charge in [-0.05, 0) is 44.2 Å². The van der Waals surface area contributed by atoms with Crippen LogP contribution in [0, 0.1) is 0 Å². The van der Waals surface area contributed by atoms with Gasteiger partial charge in [-0.25, -0.2) is 0 Å². The minimum Gasteiger partial charge on any atom is -0.365 e. The Balaban J connectivity index is 1.64. The number of aromatic nitrogens is 3. The number of likely N-dealkylation sites (tertiary alicyclic amines) is 1. The largest absolute Gasteiger partial charge is 0.365 e. The Labute approximate surface area is 152 Å². The summed E-state index contributed by atoms with van der Waals surface area (Å²) in [5.74, 6) is -0.488. The second-order valence-electron chi connectivity index (χ2n) is 7.31. The molecule has 2 fully saturated rings. The lowest BCUT2D eigenvalue weighted by Crippen LogP contribution is -2.40. The van der Waals surface area contributed by atoms with Gasteiger partial charge in [0.2, 0.25) is 0 Å². The molecule has 0 spiro atoms. The zero-order valence-corrected chi connectivity index (χ0v) is 14.9. The molecule has 1 saturated heterocycles. The lowest BCUT2D eigenvalue weighted by Gasteiger charge is -2.36. The molecule has 4 rings (SSSR count). The Morgan fingerprint density at radius 3 is 2.69 bits per heavy atom. The van der Waals surface area contributed by atoms with Crippen molar-refractivity contribution in [1.82, 2.24) is 19.7 Å². The van der Waals surface area contributed by atoms with Crippen LogP contribution in [0.1, 0.15) is 83.6 Å². The SMILES string of the molecule is NC(=O)c1cn[nH]c1C1CCCCN1C(=O)c1cccn1C1CCCC1. The number of nitrogens with two attached hydrogens (primary N) is 1. The van der Waals surface area contributed by atoms with Crippen LogP contribution in [-0.4, -0.2) is 38.0 Å². The first-order chi connectivity index (χ1) is 12.7. The Morgan fingerprint density at radius 2 is 1.92 bits per heavy atom. The molecule has 2 aromatic heterocycles. The number of hydrogen-bond acceptors (Lipinski definition) is 3. The molecular weight excluding hydrogens is 330 g/mol. The molecule has 138 valence electrons. The van der Waals surface area contributed by atoms with E-state index in [0.29, 0.717) is 23.8 Å². The third kappa shape index (κ3) is 2.91. The number of primary amides is 1. The van der Waals surface area contributed by atoms with E-state index in [-0.39, 0.29) is 11.9 Å². The maximum Gasteiger partial charge on any atom is 0.271 e. The van der Waals surface area contributed by atoms with Gasteiger partial charge < -0.3 is 15.2 Å². The molecule has 7 nitrogen and oxygen atoms in total. The molecule has 1 aliphatic carbocycles. The van der Waals surface area contributed by atoms with Crippen molar-refractivity contribution >= 4 is 11.8 Å². The fraction of sp³-hybridized carbons (Fsp3) is 0.526. The fourth-order valence-corrected chi connectivity index (χ4v) is 4.44. The van der Waals surface area contributed by atoms with Gasteiger partial charge in [-0.1, -0.05) is 12.8 Å². The Bertz CT molecular complexity index is 802. The summed E-state index contributed by atoms with van der Waals surface area (Å²) in [6, 6.07) is 4.10. The zero-order chi connectivity index (χ0) is 18.1. The van der Waals surface area contributed by atoms with Crippen LogP contribution in [0.15, 0.2) is 24.5 Å². The lowest BCUT2D eigenvalue weighted by atomic mass is 9.96. The lowest BCUT2D eigenvalue weighted by molar-refractivity contribution is 0.0589. The second kappa shape index (κ2) is 6.97. The van der Waals surface area contributed by atoms with Gasteiger partial charge in [-0.15, -0.1) is 0 Å². The number of H-pyrrole nitrogens is 1. The van der Waals surface area contributed by atoms with E-state index in [1.165, 1.54) is 19.0 Å². The fourth-order valence-electron chi connectivity index (χ4n) is 4.44. The Hall–Kier alpha value is -2.57. The minimum absolute atomic E-state index is 0.0246. The molecule has 7 heteroatoms. The topological polar surface area (TPSA) is 97.0 Å². The Morgan fingerprint density at radius 1 is 1.15 bits per heavy atom. The monoisotopic (exact) mass is 355 g/mol. The van der Waals surface area contributed by atoms with Crippen molar-refractivity contribution in [3.63, 3.8) is 0 Å². The van der Waals surface area contributed by atoms with E-state index in [1.54, 1.807) is 0 Å². The summed E-state index contributed by atoms with van der Waals surface area (Å²) in [7, 11) is 0. The normalized spacial score (nSPS) is 21.2. The van der Waals surface area contributed by atoms with Crippen LogP contribution in [0.25, 0.3) is 0 Å². The summed E-state index contributed by atoms with van der Waals surface area (Å²) in [6.45, 7) is 0.677. The van der Waals surface area contributed by atoms with Crippen LogP contribution < -0.4 is 5.73 Å². The highest BCUT2D eigenvalue weighted by atomic mass is 16.2. The molecule has 1 saturated carbocycles. The average Bonchev–Trinajstić information content (AvgIpc) is 3.41. The first kappa shape index (κ1) is 16.9. The molecule has 2 amide bonds. The molecule has 1 aliphatic heterocycles. The third-order valence-corrected chi connectivity index (χ3v) is 5.75. The molecule has 0 bridgehead atoms. The molecular formula is C19H25N5O2. The number of carbonyl (C=O) groups is 2. The number of piperidine rings is 1. The third-order valence-electron chi connectivity index (χ3n) is 5.75. The van der Waals surface area contributed by atoms with E-state index in [2.05, 4.69) is 14.8 Å². The first-order valence-electron chi connectivity index (χ1n) is 9.47. The van der Waals surface area contributed by atoms with E-state index >= 15 is 0 Å². The Kier molecular flexibility index (Phi) is 4.53. The van der Waals surface area contributed by atoms with Crippen molar-refractivity contribution in [2.75, 3.05) is 6.54 Å². The van der Waals surface area contributed by atoms with E-state index < -0.39 is 5.91 Å². The van der Waals surface area contributed by atoms with Crippen molar-refractivity contribution in [2.45, 2.75) is 57.0 Å². The number of amides is 2. The highest BCUT2D eigenvalue weighted by Gasteiger charge is 2.34.